The summed E-state index contributed by atoms with van der Waals surface area (Å²) in [6, 6.07) is 0. The van der Waals surface area contributed by atoms with Gasteiger partial charge < -0.3 is 10.1 Å². The van der Waals surface area contributed by atoms with Crippen LogP contribution in [-0.4, -0.2) is 23.1 Å². The number of ether oxygens (including phenoxy) is 1. The number of hydrogen-bond acceptors (Lipinski definition) is 4. The molecule has 5 heteroatoms. The van der Waals surface area contributed by atoms with E-state index in [9.17, 15) is 4.39 Å². The lowest BCUT2D eigenvalue weighted by Gasteiger charge is -2.24. The molecule has 1 aliphatic carbocycles. The van der Waals surface area contributed by atoms with Gasteiger partial charge in [0.05, 0.1) is 12.8 Å². The van der Waals surface area contributed by atoms with Gasteiger partial charge in [0.15, 0.2) is 0 Å². The maximum atomic E-state index is 13.4. The van der Waals surface area contributed by atoms with Gasteiger partial charge in [-0.25, -0.2) is 4.98 Å². The number of hydrogen-bond donors (Lipinski definition) is 1. The van der Waals surface area contributed by atoms with E-state index in [0.717, 1.165) is 31.5 Å². The Labute approximate surface area is 107 Å². The van der Waals surface area contributed by atoms with Crippen molar-refractivity contribution in [2.45, 2.75) is 39.0 Å². The van der Waals surface area contributed by atoms with Crippen LogP contribution in [0.5, 0.6) is 5.88 Å². The SMILES string of the molecule is CCCNc1ncc(F)c(OCCC2CCC2)n1. The summed E-state index contributed by atoms with van der Waals surface area (Å²) in [7, 11) is 0. The maximum absolute atomic E-state index is 13.4. The minimum absolute atomic E-state index is 0.0583. The van der Waals surface area contributed by atoms with Crippen molar-refractivity contribution in [3.05, 3.63) is 12.0 Å². The molecule has 0 atom stereocenters. The molecule has 0 aliphatic heterocycles. The average Bonchev–Trinajstić information content (AvgIpc) is 2.32. The lowest BCUT2D eigenvalue weighted by atomic mass is 9.83. The number of rotatable bonds is 7. The monoisotopic (exact) mass is 253 g/mol. The Morgan fingerprint density at radius 1 is 1.50 bits per heavy atom. The minimum Gasteiger partial charge on any atom is -0.475 e. The van der Waals surface area contributed by atoms with Gasteiger partial charge in [0.2, 0.25) is 11.8 Å². The van der Waals surface area contributed by atoms with E-state index < -0.39 is 5.82 Å². The van der Waals surface area contributed by atoms with Crippen molar-refractivity contribution >= 4 is 5.95 Å². The molecule has 100 valence electrons. The predicted molar refractivity (Wildman–Crippen MR) is 68.2 cm³/mol. The smallest absolute Gasteiger partial charge is 0.255 e. The Kier molecular flexibility index (Phi) is 4.73. The van der Waals surface area contributed by atoms with Crippen LogP contribution in [0.25, 0.3) is 0 Å². The highest BCUT2D eigenvalue weighted by Gasteiger charge is 2.17. The summed E-state index contributed by atoms with van der Waals surface area (Å²) >= 11 is 0. The van der Waals surface area contributed by atoms with Crippen LogP contribution in [0.1, 0.15) is 39.0 Å². The third kappa shape index (κ3) is 3.55. The first-order chi connectivity index (χ1) is 8.79. The molecule has 0 spiro atoms. The summed E-state index contributed by atoms with van der Waals surface area (Å²) < 4.78 is 18.8. The predicted octanol–water partition coefficient (Wildman–Crippen LogP) is 3.01. The van der Waals surface area contributed by atoms with Crippen LogP contribution in [0, 0.1) is 11.7 Å². The Morgan fingerprint density at radius 3 is 3.00 bits per heavy atom. The van der Waals surface area contributed by atoms with Gasteiger partial charge in [-0.2, -0.15) is 9.37 Å². The second kappa shape index (κ2) is 6.52. The van der Waals surface area contributed by atoms with Gasteiger partial charge in [0.25, 0.3) is 5.88 Å². The van der Waals surface area contributed by atoms with E-state index in [1.807, 2.05) is 6.92 Å². The van der Waals surface area contributed by atoms with Gasteiger partial charge in [0, 0.05) is 6.54 Å². The molecule has 0 amide bonds. The Morgan fingerprint density at radius 2 is 2.33 bits per heavy atom. The van der Waals surface area contributed by atoms with Crippen molar-refractivity contribution in [3.63, 3.8) is 0 Å². The highest BCUT2D eigenvalue weighted by atomic mass is 19.1. The molecule has 18 heavy (non-hydrogen) atoms. The van der Waals surface area contributed by atoms with Gasteiger partial charge >= 0.3 is 0 Å². The summed E-state index contributed by atoms with van der Waals surface area (Å²) in [5.74, 6) is 0.748. The van der Waals surface area contributed by atoms with Crippen molar-refractivity contribution in [3.8, 4) is 5.88 Å². The molecule has 0 radical (unpaired) electrons. The Bertz CT molecular complexity index is 382. The number of aromatic nitrogens is 2. The van der Waals surface area contributed by atoms with Gasteiger partial charge in [-0.05, 0) is 18.8 Å². The van der Waals surface area contributed by atoms with E-state index in [4.69, 9.17) is 4.74 Å². The third-order valence-corrected chi connectivity index (χ3v) is 3.23. The normalized spacial score (nSPS) is 15.2. The largest absolute Gasteiger partial charge is 0.475 e. The van der Waals surface area contributed by atoms with Crippen molar-refractivity contribution in [2.75, 3.05) is 18.5 Å². The zero-order valence-electron chi connectivity index (χ0n) is 10.8. The molecule has 1 saturated carbocycles. The second-order valence-corrected chi connectivity index (χ2v) is 4.71. The first kappa shape index (κ1) is 13.1. The van der Waals surface area contributed by atoms with Crippen LogP contribution in [0.3, 0.4) is 0 Å². The lowest BCUT2D eigenvalue weighted by molar-refractivity contribution is 0.211. The summed E-state index contributed by atoms with van der Waals surface area (Å²) in [5, 5.41) is 3.01. The van der Waals surface area contributed by atoms with Gasteiger partial charge in [-0.3, -0.25) is 0 Å². The quantitative estimate of drug-likeness (QED) is 0.811. The van der Waals surface area contributed by atoms with E-state index in [2.05, 4.69) is 15.3 Å². The van der Waals surface area contributed by atoms with Crippen LogP contribution >= 0.6 is 0 Å². The van der Waals surface area contributed by atoms with Crippen LogP contribution < -0.4 is 10.1 Å². The number of anilines is 1. The molecule has 1 aromatic heterocycles. The van der Waals surface area contributed by atoms with E-state index >= 15 is 0 Å². The summed E-state index contributed by atoms with van der Waals surface area (Å²) in [6.07, 6.45) is 6.99. The Hall–Kier alpha value is -1.39. The van der Waals surface area contributed by atoms with E-state index in [-0.39, 0.29) is 5.88 Å². The first-order valence-corrected chi connectivity index (χ1v) is 6.68. The van der Waals surface area contributed by atoms with E-state index in [0.29, 0.717) is 12.6 Å². The van der Waals surface area contributed by atoms with Crippen LogP contribution in [0.2, 0.25) is 0 Å². The molecule has 0 aromatic carbocycles. The number of halogens is 1. The lowest BCUT2D eigenvalue weighted by Crippen LogP contribution is -2.15. The molecule has 1 N–H and O–H groups in total. The Balaban J connectivity index is 1.84. The molecule has 2 rings (SSSR count). The second-order valence-electron chi connectivity index (χ2n) is 4.71. The zero-order valence-corrected chi connectivity index (χ0v) is 10.8. The fourth-order valence-electron chi connectivity index (χ4n) is 1.88. The van der Waals surface area contributed by atoms with Gasteiger partial charge in [-0.1, -0.05) is 26.2 Å². The van der Waals surface area contributed by atoms with Crippen molar-refractivity contribution in [2.24, 2.45) is 5.92 Å². The third-order valence-electron chi connectivity index (χ3n) is 3.23. The molecule has 0 unspecified atom stereocenters. The number of nitrogens with one attached hydrogen (secondary N) is 1. The van der Waals surface area contributed by atoms with Crippen LogP contribution in [0.4, 0.5) is 10.3 Å². The molecular formula is C13H20FN3O. The maximum Gasteiger partial charge on any atom is 0.255 e. The zero-order chi connectivity index (χ0) is 12.8. The van der Waals surface area contributed by atoms with Crippen molar-refractivity contribution in [1.82, 2.24) is 9.97 Å². The van der Waals surface area contributed by atoms with Crippen LogP contribution in [0.15, 0.2) is 6.20 Å². The molecule has 4 nitrogen and oxygen atoms in total. The average molecular weight is 253 g/mol. The van der Waals surface area contributed by atoms with Gasteiger partial charge in [-0.15, -0.1) is 0 Å². The fourth-order valence-corrected chi connectivity index (χ4v) is 1.88. The molecule has 0 saturated heterocycles. The molecule has 1 heterocycles. The van der Waals surface area contributed by atoms with E-state index in [1.165, 1.54) is 19.3 Å². The summed E-state index contributed by atoms with van der Waals surface area (Å²) in [6.45, 7) is 3.35. The van der Waals surface area contributed by atoms with E-state index in [1.54, 1.807) is 0 Å². The molecule has 1 aromatic rings. The van der Waals surface area contributed by atoms with Crippen LogP contribution in [-0.2, 0) is 0 Å². The molecular weight excluding hydrogens is 233 g/mol. The van der Waals surface area contributed by atoms with Crippen molar-refractivity contribution < 1.29 is 9.13 Å². The minimum atomic E-state index is -0.495. The topological polar surface area (TPSA) is 47.0 Å². The fraction of sp³-hybridized carbons (Fsp3) is 0.692. The summed E-state index contributed by atoms with van der Waals surface area (Å²) in [5.41, 5.74) is 0. The molecule has 1 fully saturated rings. The molecule has 0 bridgehead atoms. The molecule has 1 aliphatic rings. The highest BCUT2D eigenvalue weighted by molar-refractivity contribution is 5.28. The van der Waals surface area contributed by atoms with Gasteiger partial charge in [0.1, 0.15) is 0 Å². The summed E-state index contributed by atoms with van der Waals surface area (Å²) in [4.78, 5) is 7.90. The number of nitrogens with zero attached hydrogens (tertiary/aromatic N) is 2. The standard InChI is InChI=1S/C13H20FN3O/c1-2-7-15-13-16-9-11(14)12(17-13)18-8-6-10-4-3-5-10/h9-10H,2-8H2,1H3,(H,15,16,17). The first-order valence-electron chi connectivity index (χ1n) is 6.68. The highest BCUT2D eigenvalue weighted by Crippen LogP contribution is 2.29. The van der Waals surface area contributed by atoms with Crippen molar-refractivity contribution in [1.29, 1.82) is 0 Å².